The molecule has 0 heterocycles. The second-order valence-corrected chi connectivity index (χ2v) is 4.71. The first-order valence-electron chi connectivity index (χ1n) is 6.63. The van der Waals surface area contributed by atoms with Crippen LogP contribution in [0, 0.1) is 11.3 Å². The Hall–Kier alpha value is -0.530. The molecule has 0 bridgehead atoms. The van der Waals surface area contributed by atoms with Crippen molar-refractivity contribution < 1.29 is 0 Å². The Morgan fingerprint density at radius 1 is 1.07 bits per heavy atom. The van der Waals surface area contributed by atoms with Crippen molar-refractivity contribution in [1.82, 2.24) is 4.90 Å². The van der Waals surface area contributed by atoms with Crippen LogP contribution in [0.1, 0.15) is 58.8 Å². The zero-order valence-corrected chi connectivity index (χ0v) is 10.4. The molecule has 0 amide bonds. The third-order valence-electron chi connectivity index (χ3n) is 3.32. The van der Waals surface area contributed by atoms with Crippen LogP contribution >= 0.6 is 0 Å². The zero-order chi connectivity index (χ0) is 11.1. The lowest BCUT2D eigenvalue weighted by Gasteiger charge is -2.31. The van der Waals surface area contributed by atoms with Gasteiger partial charge in [-0.05, 0) is 25.7 Å². The van der Waals surface area contributed by atoms with E-state index >= 15 is 0 Å². The van der Waals surface area contributed by atoms with Gasteiger partial charge in [0, 0.05) is 19.0 Å². The van der Waals surface area contributed by atoms with E-state index in [-0.39, 0.29) is 0 Å². The Morgan fingerprint density at radius 3 is 2.07 bits per heavy atom. The molecule has 1 saturated carbocycles. The highest BCUT2D eigenvalue weighted by Gasteiger charge is 2.21. The number of rotatable bonds is 5. The van der Waals surface area contributed by atoms with Crippen LogP contribution < -0.4 is 0 Å². The maximum Gasteiger partial charge on any atom is 0.0989 e. The Balaban J connectivity index is 2.45. The van der Waals surface area contributed by atoms with Crippen molar-refractivity contribution in [1.29, 1.82) is 5.41 Å². The molecule has 1 fully saturated rings. The number of hydrogen-bond acceptors (Lipinski definition) is 1. The molecule has 1 aliphatic carbocycles. The average molecular weight is 210 g/mol. The third kappa shape index (κ3) is 3.84. The van der Waals surface area contributed by atoms with Crippen LogP contribution in [-0.4, -0.2) is 23.8 Å². The van der Waals surface area contributed by atoms with E-state index in [0.717, 1.165) is 31.8 Å². The quantitative estimate of drug-likeness (QED) is 0.544. The highest BCUT2D eigenvalue weighted by atomic mass is 15.2. The van der Waals surface area contributed by atoms with E-state index in [1.165, 1.54) is 32.1 Å². The largest absolute Gasteiger partial charge is 0.360 e. The van der Waals surface area contributed by atoms with Crippen LogP contribution in [0.2, 0.25) is 0 Å². The monoisotopic (exact) mass is 210 g/mol. The number of nitrogens with zero attached hydrogens (tertiary/aromatic N) is 1. The number of hydrogen-bond donors (Lipinski definition) is 1. The fraction of sp³-hybridized carbons (Fsp3) is 0.923. The minimum absolute atomic E-state index is 0.567. The molecule has 0 aromatic carbocycles. The molecule has 2 heteroatoms. The van der Waals surface area contributed by atoms with E-state index in [0.29, 0.717) is 5.92 Å². The fourth-order valence-corrected chi connectivity index (χ4v) is 2.53. The summed E-state index contributed by atoms with van der Waals surface area (Å²) in [4.78, 5) is 2.30. The van der Waals surface area contributed by atoms with Crippen molar-refractivity contribution >= 4 is 5.84 Å². The molecule has 1 rings (SSSR count). The first-order chi connectivity index (χ1) is 7.29. The standard InChI is InChI=1S/C13H26N2/c1-3-10-15(11-4-2)13(14)12-8-6-5-7-9-12/h12,14H,3-11H2,1-2H3. The van der Waals surface area contributed by atoms with Gasteiger partial charge < -0.3 is 4.90 Å². The van der Waals surface area contributed by atoms with Gasteiger partial charge in [0.1, 0.15) is 0 Å². The maximum atomic E-state index is 8.27. The van der Waals surface area contributed by atoms with E-state index in [1.54, 1.807) is 0 Å². The number of amidine groups is 1. The lowest BCUT2D eigenvalue weighted by Crippen LogP contribution is -2.37. The topological polar surface area (TPSA) is 27.1 Å². The van der Waals surface area contributed by atoms with Crippen LogP contribution in [0.25, 0.3) is 0 Å². The van der Waals surface area contributed by atoms with Crippen LogP contribution in [0.3, 0.4) is 0 Å². The third-order valence-corrected chi connectivity index (χ3v) is 3.32. The molecule has 0 radical (unpaired) electrons. The molecular weight excluding hydrogens is 184 g/mol. The van der Waals surface area contributed by atoms with Gasteiger partial charge in [-0.1, -0.05) is 33.1 Å². The molecule has 1 aliphatic rings. The molecule has 15 heavy (non-hydrogen) atoms. The smallest absolute Gasteiger partial charge is 0.0989 e. The lowest BCUT2D eigenvalue weighted by molar-refractivity contribution is 0.351. The van der Waals surface area contributed by atoms with Crippen molar-refractivity contribution in [2.45, 2.75) is 58.8 Å². The number of nitrogens with one attached hydrogen (secondary N) is 1. The molecule has 2 nitrogen and oxygen atoms in total. The molecule has 0 spiro atoms. The molecule has 0 saturated heterocycles. The molecule has 0 aromatic heterocycles. The maximum absolute atomic E-state index is 8.27. The highest BCUT2D eigenvalue weighted by molar-refractivity contribution is 5.81. The molecule has 0 unspecified atom stereocenters. The Morgan fingerprint density at radius 2 is 1.60 bits per heavy atom. The first-order valence-corrected chi connectivity index (χ1v) is 6.63. The summed E-state index contributed by atoms with van der Waals surface area (Å²) >= 11 is 0. The van der Waals surface area contributed by atoms with Crippen molar-refractivity contribution in [3.05, 3.63) is 0 Å². The Kier molecular flexibility index (Phi) is 5.74. The SMILES string of the molecule is CCCN(CCC)C(=N)C1CCCCC1. The predicted octanol–water partition coefficient (Wildman–Crippen LogP) is 3.67. The fourth-order valence-electron chi connectivity index (χ4n) is 2.53. The van der Waals surface area contributed by atoms with Gasteiger partial charge >= 0.3 is 0 Å². The summed E-state index contributed by atoms with van der Waals surface area (Å²) in [6.07, 6.45) is 8.87. The molecule has 1 N–H and O–H groups in total. The molecule has 0 aliphatic heterocycles. The lowest BCUT2D eigenvalue weighted by atomic mass is 9.88. The van der Waals surface area contributed by atoms with Gasteiger partial charge in [0.15, 0.2) is 0 Å². The minimum Gasteiger partial charge on any atom is -0.360 e. The van der Waals surface area contributed by atoms with Crippen LogP contribution in [-0.2, 0) is 0 Å². The van der Waals surface area contributed by atoms with Gasteiger partial charge in [-0.2, -0.15) is 0 Å². The van der Waals surface area contributed by atoms with Crippen molar-refractivity contribution in [3.8, 4) is 0 Å². The van der Waals surface area contributed by atoms with Gasteiger partial charge in [-0.15, -0.1) is 0 Å². The van der Waals surface area contributed by atoms with Crippen molar-refractivity contribution in [2.24, 2.45) is 5.92 Å². The summed E-state index contributed by atoms with van der Waals surface area (Å²) < 4.78 is 0. The normalized spacial score (nSPS) is 17.7. The molecule has 0 aromatic rings. The van der Waals surface area contributed by atoms with E-state index in [9.17, 15) is 0 Å². The second kappa shape index (κ2) is 6.86. The Bertz CT molecular complexity index is 177. The van der Waals surface area contributed by atoms with Crippen molar-refractivity contribution in [3.63, 3.8) is 0 Å². The highest BCUT2D eigenvalue weighted by Crippen LogP contribution is 2.25. The summed E-state index contributed by atoms with van der Waals surface area (Å²) in [7, 11) is 0. The Labute approximate surface area is 94.6 Å². The van der Waals surface area contributed by atoms with Crippen LogP contribution in [0.15, 0.2) is 0 Å². The first kappa shape index (κ1) is 12.5. The van der Waals surface area contributed by atoms with Gasteiger partial charge in [0.05, 0.1) is 5.84 Å². The van der Waals surface area contributed by atoms with Gasteiger partial charge in [0.25, 0.3) is 0 Å². The van der Waals surface area contributed by atoms with Gasteiger partial charge in [-0.3, -0.25) is 5.41 Å². The zero-order valence-electron chi connectivity index (χ0n) is 10.4. The van der Waals surface area contributed by atoms with Gasteiger partial charge in [-0.25, -0.2) is 0 Å². The minimum atomic E-state index is 0.567. The summed E-state index contributed by atoms with van der Waals surface area (Å²) in [5, 5.41) is 8.27. The van der Waals surface area contributed by atoms with Crippen LogP contribution in [0.4, 0.5) is 0 Å². The summed E-state index contributed by atoms with van der Waals surface area (Å²) in [6, 6.07) is 0. The van der Waals surface area contributed by atoms with E-state index in [1.807, 2.05) is 0 Å². The molecule has 0 atom stereocenters. The summed E-state index contributed by atoms with van der Waals surface area (Å²) in [5.74, 6) is 1.50. The van der Waals surface area contributed by atoms with E-state index < -0.39 is 0 Å². The summed E-state index contributed by atoms with van der Waals surface area (Å²) in [5.41, 5.74) is 0. The average Bonchev–Trinajstić information content (AvgIpc) is 2.29. The van der Waals surface area contributed by atoms with Crippen molar-refractivity contribution in [2.75, 3.05) is 13.1 Å². The predicted molar refractivity (Wildman–Crippen MR) is 66.5 cm³/mol. The molecular formula is C13H26N2. The van der Waals surface area contributed by atoms with Crippen LogP contribution in [0.5, 0.6) is 0 Å². The van der Waals surface area contributed by atoms with E-state index in [4.69, 9.17) is 5.41 Å². The second-order valence-electron chi connectivity index (χ2n) is 4.71. The molecule has 88 valence electrons. The van der Waals surface area contributed by atoms with E-state index in [2.05, 4.69) is 18.7 Å². The van der Waals surface area contributed by atoms with Gasteiger partial charge in [0.2, 0.25) is 0 Å². The summed E-state index contributed by atoms with van der Waals surface area (Å²) in [6.45, 7) is 6.56.